The molecule has 0 aliphatic carbocycles. The summed E-state index contributed by atoms with van der Waals surface area (Å²) in [4.78, 5) is 22.1. The van der Waals surface area contributed by atoms with Crippen LogP contribution in [0, 0.1) is 5.82 Å². The summed E-state index contributed by atoms with van der Waals surface area (Å²) in [7, 11) is 0. The first-order chi connectivity index (χ1) is 8.54. The summed E-state index contributed by atoms with van der Waals surface area (Å²) in [6.07, 6.45) is 2.99. The van der Waals surface area contributed by atoms with Gasteiger partial charge < -0.3 is 10.4 Å². The standard InChI is InChI=1S/C12H14FNO3S/c1-18-6-2-3-11(15)14-10-5-4-8(12(16)17)7-9(10)13/h4-5,7H,2-3,6H2,1H3,(H,14,15)(H,16,17). The van der Waals surface area contributed by atoms with Crippen LogP contribution in [0.4, 0.5) is 10.1 Å². The van der Waals surface area contributed by atoms with Gasteiger partial charge >= 0.3 is 5.97 Å². The third-order valence-electron chi connectivity index (χ3n) is 2.24. The van der Waals surface area contributed by atoms with Gasteiger partial charge in [0.15, 0.2) is 0 Å². The molecular weight excluding hydrogens is 257 g/mol. The van der Waals surface area contributed by atoms with Crippen LogP contribution >= 0.6 is 11.8 Å². The topological polar surface area (TPSA) is 66.4 Å². The normalized spacial score (nSPS) is 10.1. The number of rotatable bonds is 6. The number of carbonyl (C=O) groups is 2. The number of hydrogen-bond acceptors (Lipinski definition) is 3. The van der Waals surface area contributed by atoms with Gasteiger partial charge in [0.05, 0.1) is 11.3 Å². The van der Waals surface area contributed by atoms with Gasteiger partial charge in [-0.15, -0.1) is 0 Å². The van der Waals surface area contributed by atoms with Crippen molar-refractivity contribution in [1.29, 1.82) is 0 Å². The lowest BCUT2D eigenvalue weighted by Crippen LogP contribution is -2.13. The molecule has 0 saturated carbocycles. The van der Waals surface area contributed by atoms with Crippen molar-refractivity contribution in [3.8, 4) is 0 Å². The molecule has 0 radical (unpaired) electrons. The molecule has 0 atom stereocenters. The van der Waals surface area contributed by atoms with Gasteiger partial charge in [-0.25, -0.2) is 9.18 Å². The number of benzene rings is 1. The number of amides is 1. The Balaban J connectivity index is 2.62. The fourth-order valence-electron chi connectivity index (χ4n) is 1.34. The molecule has 18 heavy (non-hydrogen) atoms. The first kappa shape index (κ1) is 14.5. The number of aromatic carboxylic acids is 1. The van der Waals surface area contributed by atoms with Crippen LogP contribution < -0.4 is 5.32 Å². The van der Waals surface area contributed by atoms with E-state index in [4.69, 9.17) is 5.11 Å². The minimum atomic E-state index is -1.20. The minimum absolute atomic E-state index is 0.00847. The molecule has 0 fully saturated rings. The lowest BCUT2D eigenvalue weighted by atomic mass is 10.2. The lowest BCUT2D eigenvalue weighted by molar-refractivity contribution is -0.116. The molecule has 1 amide bonds. The van der Waals surface area contributed by atoms with Gasteiger partial charge in [0.1, 0.15) is 5.82 Å². The van der Waals surface area contributed by atoms with Gasteiger partial charge in [0.25, 0.3) is 0 Å². The number of carboxylic acid groups (broad SMARTS) is 1. The average Bonchev–Trinajstić information content (AvgIpc) is 2.32. The summed E-state index contributed by atoms with van der Waals surface area (Å²) in [6.45, 7) is 0. The van der Waals surface area contributed by atoms with Crippen molar-refractivity contribution in [3.63, 3.8) is 0 Å². The summed E-state index contributed by atoms with van der Waals surface area (Å²) in [5, 5.41) is 11.1. The quantitative estimate of drug-likeness (QED) is 0.780. The zero-order valence-corrected chi connectivity index (χ0v) is 10.7. The fraction of sp³-hybridized carbons (Fsp3) is 0.333. The summed E-state index contributed by atoms with van der Waals surface area (Å²) < 4.78 is 13.5. The number of nitrogens with one attached hydrogen (secondary N) is 1. The Hall–Kier alpha value is -1.56. The van der Waals surface area contributed by atoms with Gasteiger partial charge in [-0.05, 0) is 36.6 Å². The van der Waals surface area contributed by atoms with Crippen LogP contribution in [-0.2, 0) is 4.79 Å². The maximum Gasteiger partial charge on any atom is 0.335 e. The van der Waals surface area contributed by atoms with Crippen LogP contribution in [0.25, 0.3) is 0 Å². The van der Waals surface area contributed by atoms with E-state index in [1.165, 1.54) is 12.1 Å². The van der Waals surface area contributed by atoms with Crippen molar-refractivity contribution in [2.75, 3.05) is 17.3 Å². The smallest absolute Gasteiger partial charge is 0.335 e. The number of anilines is 1. The van der Waals surface area contributed by atoms with Crippen molar-refractivity contribution in [1.82, 2.24) is 0 Å². The number of carbonyl (C=O) groups excluding carboxylic acids is 1. The number of thioether (sulfide) groups is 1. The van der Waals surface area contributed by atoms with E-state index in [2.05, 4.69) is 5.32 Å². The molecule has 2 N–H and O–H groups in total. The van der Waals surface area contributed by atoms with Crippen molar-refractivity contribution in [3.05, 3.63) is 29.6 Å². The maximum atomic E-state index is 13.5. The fourth-order valence-corrected chi connectivity index (χ4v) is 1.77. The highest BCUT2D eigenvalue weighted by atomic mass is 32.2. The van der Waals surface area contributed by atoms with Gasteiger partial charge in [0.2, 0.25) is 5.91 Å². The van der Waals surface area contributed by atoms with E-state index in [1.54, 1.807) is 11.8 Å². The average molecular weight is 271 g/mol. The number of hydrogen-bond donors (Lipinski definition) is 2. The number of carboxylic acids is 1. The molecule has 6 heteroatoms. The molecular formula is C12H14FNO3S. The molecule has 0 aliphatic rings. The van der Waals surface area contributed by atoms with E-state index in [0.717, 1.165) is 18.2 Å². The van der Waals surface area contributed by atoms with E-state index in [9.17, 15) is 14.0 Å². The molecule has 1 aromatic rings. The molecule has 0 heterocycles. The second-order valence-corrected chi connectivity index (χ2v) is 4.63. The SMILES string of the molecule is CSCCCC(=O)Nc1ccc(C(=O)O)cc1F. The van der Waals surface area contributed by atoms with E-state index < -0.39 is 11.8 Å². The molecule has 98 valence electrons. The Morgan fingerprint density at radius 1 is 1.44 bits per heavy atom. The highest BCUT2D eigenvalue weighted by Crippen LogP contribution is 2.16. The van der Waals surface area contributed by atoms with Crippen molar-refractivity contribution in [2.45, 2.75) is 12.8 Å². The third kappa shape index (κ3) is 4.37. The van der Waals surface area contributed by atoms with Crippen LogP contribution in [0.1, 0.15) is 23.2 Å². The molecule has 0 aliphatic heterocycles. The molecule has 4 nitrogen and oxygen atoms in total. The molecule has 0 aromatic heterocycles. The van der Waals surface area contributed by atoms with Crippen LogP contribution in [0.5, 0.6) is 0 Å². The van der Waals surface area contributed by atoms with E-state index >= 15 is 0 Å². The van der Waals surface area contributed by atoms with Gasteiger partial charge in [-0.2, -0.15) is 11.8 Å². The van der Waals surface area contributed by atoms with E-state index in [0.29, 0.717) is 6.42 Å². The van der Waals surface area contributed by atoms with Gasteiger partial charge in [-0.1, -0.05) is 0 Å². The second kappa shape index (κ2) is 7.00. The maximum absolute atomic E-state index is 13.5. The summed E-state index contributed by atoms with van der Waals surface area (Å²) >= 11 is 1.64. The molecule has 1 rings (SSSR count). The summed E-state index contributed by atoms with van der Waals surface area (Å²) in [5.74, 6) is -1.35. The molecule has 0 saturated heterocycles. The van der Waals surface area contributed by atoms with Crippen molar-refractivity contribution >= 4 is 29.3 Å². The Morgan fingerprint density at radius 2 is 2.17 bits per heavy atom. The Bertz CT molecular complexity index is 451. The highest BCUT2D eigenvalue weighted by molar-refractivity contribution is 7.98. The first-order valence-corrected chi connectivity index (χ1v) is 6.75. The molecule has 0 bridgehead atoms. The van der Waals surface area contributed by atoms with Crippen molar-refractivity contribution in [2.24, 2.45) is 0 Å². The second-order valence-electron chi connectivity index (χ2n) is 3.64. The largest absolute Gasteiger partial charge is 0.478 e. The van der Waals surface area contributed by atoms with Crippen LogP contribution in [0.2, 0.25) is 0 Å². The third-order valence-corrected chi connectivity index (χ3v) is 2.94. The monoisotopic (exact) mass is 271 g/mol. The van der Waals surface area contributed by atoms with Crippen LogP contribution in [-0.4, -0.2) is 29.0 Å². The first-order valence-electron chi connectivity index (χ1n) is 5.36. The predicted molar refractivity (Wildman–Crippen MR) is 69.6 cm³/mol. The minimum Gasteiger partial charge on any atom is -0.478 e. The Morgan fingerprint density at radius 3 is 2.72 bits per heavy atom. The summed E-state index contributed by atoms with van der Waals surface area (Å²) in [6, 6.07) is 3.40. The molecule has 1 aromatic carbocycles. The van der Waals surface area contributed by atoms with Crippen LogP contribution in [0.15, 0.2) is 18.2 Å². The molecule has 0 unspecified atom stereocenters. The zero-order chi connectivity index (χ0) is 13.5. The van der Waals surface area contributed by atoms with Crippen LogP contribution in [0.3, 0.4) is 0 Å². The van der Waals surface area contributed by atoms with E-state index in [1.807, 2.05) is 6.26 Å². The summed E-state index contributed by atoms with van der Waals surface area (Å²) in [5.41, 5.74) is -0.137. The predicted octanol–water partition coefficient (Wildman–Crippen LogP) is 2.61. The Kier molecular flexibility index (Phi) is 5.64. The lowest BCUT2D eigenvalue weighted by Gasteiger charge is -2.06. The van der Waals surface area contributed by atoms with E-state index in [-0.39, 0.29) is 17.2 Å². The zero-order valence-electron chi connectivity index (χ0n) is 9.90. The highest BCUT2D eigenvalue weighted by Gasteiger charge is 2.10. The van der Waals surface area contributed by atoms with Crippen molar-refractivity contribution < 1.29 is 19.1 Å². The van der Waals surface area contributed by atoms with Gasteiger partial charge in [0, 0.05) is 6.42 Å². The Labute approximate surface area is 109 Å². The van der Waals surface area contributed by atoms with Gasteiger partial charge in [-0.3, -0.25) is 4.79 Å². The number of halogens is 1. The molecule has 0 spiro atoms.